The van der Waals surface area contributed by atoms with Gasteiger partial charge in [0.1, 0.15) is 5.75 Å². The van der Waals surface area contributed by atoms with Crippen LogP contribution in [0.15, 0.2) is 53.5 Å². The lowest BCUT2D eigenvalue weighted by molar-refractivity contribution is 0.415. The van der Waals surface area contributed by atoms with Crippen molar-refractivity contribution in [1.82, 2.24) is 20.2 Å². The minimum Gasteiger partial charge on any atom is -0.497 e. The van der Waals surface area contributed by atoms with E-state index in [1.165, 1.54) is 0 Å². The zero-order chi connectivity index (χ0) is 19.5. The quantitative estimate of drug-likeness (QED) is 0.463. The Morgan fingerprint density at radius 2 is 1.96 bits per heavy atom. The molecule has 0 bridgehead atoms. The second kappa shape index (κ2) is 7.74. The summed E-state index contributed by atoms with van der Waals surface area (Å²) in [5.74, 6) is 1.05. The molecule has 3 N–H and O–H groups in total. The van der Waals surface area contributed by atoms with Gasteiger partial charge >= 0.3 is 0 Å². The van der Waals surface area contributed by atoms with E-state index in [-0.39, 0.29) is 11.3 Å². The van der Waals surface area contributed by atoms with Crippen LogP contribution in [0.1, 0.15) is 5.56 Å². The lowest BCUT2D eigenvalue weighted by Gasteiger charge is -2.06. The van der Waals surface area contributed by atoms with E-state index in [1.54, 1.807) is 31.4 Å². The van der Waals surface area contributed by atoms with Gasteiger partial charge in [-0.25, -0.2) is 0 Å². The molecule has 28 heavy (non-hydrogen) atoms. The van der Waals surface area contributed by atoms with Crippen LogP contribution in [0, 0.1) is 0 Å². The highest BCUT2D eigenvalue weighted by Gasteiger charge is 2.09. The molecule has 7 nitrogen and oxygen atoms in total. The van der Waals surface area contributed by atoms with Gasteiger partial charge in [0.25, 0.3) is 5.56 Å². The fourth-order valence-corrected chi connectivity index (χ4v) is 3.20. The Labute approximate surface area is 165 Å². The molecule has 0 aliphatic heterocycles. The number of ether oxygens (including phenoxy) is 1. The van der Waals surface area contributed by atoms with Crippen molar-refractivity contribution in [3.05, 3.63) is 69.6 Å². The van der Waals surface area contributed by atoms with Gasteiger partial charge in [0.05, 0.1) is 7.11 Å². The number of nitrogens with zero attached hydrogens (tertiary/aromatic N) is 2. The Bertz CT molecular complexity index is 1170. The van der Waals surface area contributed by atoms with Crippen LogP contribution in [0.4, 0.5) is 5.95 Å². The van der Waals surface area contributed by atoms with Crippen LogP contribution in [-0.4, -0.2) is 33.8 Å². The summed E-state index contributed by atoms with van der Waals surface area (Å²) < 4.78 is 5.12. The summed E-state index contributed by atoms with van der Waals surface area (Å²) in [6.45, 7) is 0.589. The maximum atomic E-state index is 12.4. The maximum Gasteiger partial charge on any atom is 0.279 e. The molecule has 0 saturated heterocycles. The maximum absolute atomic E-state index is 12.4. The highest BCUT2D eigenvalue weighted by Crippen LogP contribution is 2.22. The Kier molecular flexibility index (Phi) is 4.99. The average molecular weight is 396 g/mol. The van der Waals surface area contributed by atoms with Crippen molar-refractivity contribution in [2.75, 3.05) is 19.0 Å². The summed E-state index contributed by atoms with van der Waals surface area (Å²) in [4.78, 5) is 18.3. The van der Waals surface area contributed by atoms with Crippen LogP contribution < -0.4 is 15.6 Å². The van der Waals surface area contributed by atoms with Gasteiger partial charge in [-0.1, -0.05) is 11.6 Å². The molecule has 2 aromatic heterocycles. The molecule has 0 fully saturated rings. The molecular formula is C20H18ClN5O2. The van der Waals surface area contributed by atoms with Gasteiger partial charge in [-0.2, -0.15) is 0 Å². The van der Waals surface area contributed by atoms with Crippen LogP contribution >= 0.6 is 11.6 Å². The lowest BCUT2D eigenvalue weighted by atomic mass is 10.1. The molecule has 0 spiro atoms. The summed E-state index contributed by atoms with van der Waals surface area (Å²) in [5, 5.41) is 13.0. The summed E-state index contributed by atoms with van der Waals surface area (Å²) in [5.41, 5.74) is 2.81. The molecular weight excluding hydrogens is 378 g/mol. The third-order valence-corrected chi connectivity index (χ3v) is 4.71. The molecule has 0 radical (unpaired) electrons. The van der Waals surface area contributed by atoms with Crippen molar-refractivity contribution in [2.45, 2.75) is 6.42 Å². The monoisotopic (exact) mass is 395 g/mol. The minimum atomic E-state index is -0.304. The molecule has 2 heterocycles. The lowest BCUT2D eigenvalue weighted by Crippen LogP contribution is -2.18. The Balaban J connectivity index is 1.44. The van der Waals surface area contributed by atoms with Gasteiger partial charge in [-0.15, -0.1) is 10.2 Å². The van der Waals surface area contributed by atoms with Gasteiger partial charge in [0.15, 0.2) is 5.69 Å². The standard InChI is InChI=1S/C20H18ClN5O2/c1-28-15-5-2-12(3-6-15)18-19(27)24-20(26-25-18)22-9-8-13-11-23-17-7-4-14(21)10-16(13)17/h2-7,10-11,23H,8-9H2,1H3,(H2,22,24,26,27). The minimum absolute atomic E-state index is 0.263. The number of benzene rings is 2. The highest BCUT2D eigenvalue weighted by atomic mass is 35.5. The van der Waals surface area contributed by atoms with E-state index in [0.29, 0.717) is 28.8 Å². The zero-order valence-electron chi connectivity index (χ0n) is 15.1. The normalized spacial score (nSPS) is 10.9. The first-order chi connectivity index (χ1) is 13.6. The molecule has 0 unspecified atom stereocenters. The molecule has 2 aromatic carbocycles. The summed E-state index contributed by atoms with van der Waals surface area (Å²) in [7, 11) is 1.59. The van der Waals surface area contributed by atoms with E-state index < -0.39 is 0 Å². The Morgan fingerprint density at radius 1 is 1.14 bits per heavy atom. The SMILES string of the molecule is COc1ccc(-c2nnc(NCCc3c[nH]c4ccc(Cl)cc34)[nH]c2=O)cc1. The summed E-state index contributed by atoms with van der Waals surface area (Å²) in [6, 6.07) is 12.8. The van der Waals surface area contributed by atoms with E-state index in [0.717, 1.165) is 22.9 Å². The van der Waals surface area contributed by atoms with Crippen LogP contribution in [0.3, 0.4) is 0 Å². The van der Waals surface area contributed by atoms with Crippen molar-refractivity contribution < 1.29 is 4.74 Å². The Hall–Kier alpha value is -3.32. The molecule has 4 rings (SSSR count). The van der Waals surface area contributed by atoms with Crippen LogP contribution in [-0.2, 0) is 6.42 Å². The van der Waals surface area contributed by atoms with Crippen LogP contribution in [0.5, 0.6) is 5.75 Å². The topological polar surface area (TPSA) is 95.7 Å². The number of nitrogens with one attached hydrogen (secondary N) is 3. The first-order valence-electron chi connectivity index (χ1n) is 8.75. The van der Waals surface area contributed by atoms with Crippen molar-refractivity contribution in [2.24, 2.45) is 0 Å². The van der Waals surface area contributed by atoms with E-state index in [2.05, 4.69) is 25.5 Å². The third-order valence-electron chi connectivity index (χ3n) is 4.48. The molecule has 0 atom stereocenters. The first-order valence-corrected chi connectivity index (χ1v) is 9.12. The van der Waals surface area contributed by atoms with Crippen molar-refractivity contribution in [3.8, 4) is 17.0 Å². The van der Waals surface area contributed by atoms with Crippen molar-refractivity contribution in [1.29, 1.82) is 0 Å². The van der Waals surface area contributed by atoms with E-state index in [9.17, 15) is 4.79 Å². The zero-order valence-corrected chi connectivity index (χ0v) is 15.9. The highest BCUT2D eigenvalue weighted by molar-refractivity contribution is 6.31. The number of fused-ring (bicyclic) bond motifs is 1. The van der Waals surface area contributed by atoms with E-state index in [4.69, 9.17) is 16.3 Å². The predicted octanol–water partition coefficient (Wildman–Crippen LogP) is 3.63. The number of methoxy groups -OCH3 is 1. The number of anilines is 1. The predicted molar refractivity (Wildman–Crippen MR) is 110 cm³/mol. The summed E-state index contributed by atoms with van der Waals surface area (Å²) in [6.07, 6.45) is 2.70. The van der Waals surface area contributed by atoms with Crippen molar-refractivity contribution in [3.63, 3.8) is 0 Å². The average Bonchev–Trinajstić information content (AvgIpc) is 3.10. The molecule has 0 saturated carbocycles. The third kappa shape index (κ3) is 3.70. The fourth-order valence-electron chi connectivity index (χ4n) is 3.03. The number of halogens is 1. The number of hydrogen-bond acceptors (Lipinski definition) is 5. The smallest absolute Gasteiger partial charge is 0.279 e. The number of hydrogen-bond donors (Lipinski definition) is 3. The molecule has 0 aliphatic rings. The second-order valence-corrected chi connectivity index (χ2v) is 6.70. The van der Waals surface area contributed by atoms with Gasteiger partial charge < -0.3 is 15.0 Å². The second-order valence-electron chi connectivity index (χ2n) is 6.26. The van der Waals surface area contributed by atoms with Gasteiger partial charge in [-0.05, 0) is 54.4 Å². The molecule has 0 aliphatic carbocycles. The van der Waals surface area contributed by atoms with Gasteiger partial charge in [0.2, 0.25) is 5.95 Å². The van der Waals surface area contributed by atoms with Crippen molar-refractivity contribution >= 4 is 28.5 Å². The number of aromatic nitrogens is 4. The van der Waals surface area contributed by atoms with Crippen LogP contribution in [0.25, 0.3) is 22.2 Å². The number of rotatable bonds is 6. The Morgan fingerprint density at radius 3 is 2.71 bits per heavy atom. The molecule has 8 heteroatoms. The van der Waals surface area contributed by atoms with Crippen LogP contribution in [0.2, 0.25) is 5.02 Å². The number of aromatic amines is 2. The van der Waals surface area contributed by atoms with E-state index >= 15 is 0 Å². The molecule has 0 amide bonds. The fraction of sp³-hybridized carbons (Fsp3) is 0.150. The summed E-state index contributed by atoms with van der Waals surface area (Å²) >= 11 is 6.08. The number of H-pyrrole nitrogens is 2. The first kappa shape index (κ1) is 18.1. The molecule has 142 valence electrons. The van der Waals surface area contributed by atoms with E-state index in [1.807, 2.05) is 24.4 Å². The van der Waals surface area contributed by atoms with Gasteiger partial charge in [0, 0.05) is 34.2 Å². The van der Waals surface area contributed by atoms with Gasteiger partial charge in [-0.3, -0.25) is 9.78 Å². The molecule has 4 aromatic rings. The largest absolute Gasteiger partial charge is 0.497 e.